The third kappa shape index (κ3) is 4.19. The lowest BCUT2D eigenvalue weighted by Gasteiger charge is -2.33. The van der Waals surface area contributed by atoms with E-state index in [2.05, 4.69) is 10.00 Å². The van der Waals surface area contributed by atoms with Gasteiger partial charge in [-0.25, -0.2) is 8.42 Å². The molecule has 2 N–H and O–H groups in total. The molecule has 1 aromatic rings. The minimum Gasteiger partial charge on any atom is -0.382 e. The van der Waals surface area contributed by atoms with Gasteiger partial charge in [-0.2, -0.15) is 9.40 Å². The molecule has 0 atom stereocenters. The van der Waals surface area contributed by atoms with Crippen LogP contribution in [0.2, 0.25) is 0 Å². The van der Waals surface area contributed by atoms with Gasteiger partial charge in [-0.05, 0) is 12.5 Å². The summed E-state index contributed by atoms with van der Waals surface area (Å²) in [4.78, 5) is 2.29. The SMILES string of the molecule is CS(=O)(=O)N1CCN(CCCn2ccc(N)n2)CC1. The van der Waals surface area contributed by atoms with Crippen LogP contribution in [0.5, 0.6) is 0 Å². The van der Waals surface area contributed by atoms with Crippen LogP contribution in [0.1, 0.15) is 6.42 Å². The Morgan fingerprint density at radius 1 is 1.26 bits per heavy atom. The molecule has 0 spiro atoms. The lowest BCUT2D eigenvalue weighted by Crippen LogP contribution is -2.48. The first-order valence-electron chi connectivity index (χ1n) is 6.41. The van der Waals surface area contributed by atoms with E-state index in [4.69, 9.17) is 5.73 Å². The third-order valence-electron chi connectivity index (χ3n) is 3.32. The van der Waals surface area contributed by atoms with Crippen molar-refractivity contribution >= 4 is 15.8 Å². The summed E-state index contributed by atoms with van der Waals surface area (Å²) in [5.74, 6) is 0.543. The summed E-state index contributed by atoms with van der Waals surface area (Å²) in [5.41, 5.74) is 5.54. The number of aromatic nitrogens is 2. The van der Waals surface area contributed by atoms with Gasteiger partial charge in [0.2, 0.25) is 10.0 Å². The first-order chi connectivity index (χ1) is 8.95. The highest BCUT2D eigenvalue weighted by Gasteiger charge is 2.22. The van der Waals surface area contributed by atoms with Gasteiger partial charge >= 0.3 is 0 Å². The number of sulfonamides is 1. The predicted octanol–water partition coefficient (Wildman–Crippen LogP) is -0.567. The molecule has 8 heteroatoms. The van der Waals surface area contributed by atoms with E-state index in [9.17, 15) is 8.42 Å². The fraction of sp³-hybridized carbons (Fsp3) is 0.727. The van der Waals surface area contributed by atoms with Gasteiger partial charge in [0.1, 0.15) is 5.82 Å². The maximum Gasteiger partial charge on any atom is 0.211 e. The van der Waals surface area contributed by atoms with Crippen molar-refractivity contribution in [1.29, 1.82) is 0 Å². The summed E-state index contributed by atoms with van der Waals surface area (Å²) in [6.07, 6.45) is 4.13. The van der Waals surface area contributed by atoms with Crippen molar-refractivity contribution in [2.75, 3.05) is 44.7 Å². The van der Waals surface area contributed by atoms with Crippen molar-refractivity contribution in [1.82, 2.24) is 19.0 Å². The number of nitrogen functional groups attached to an aromatic ring is 1. The van der Waals surface area contributed by atoms with Crippen LogP contribution < -0.4 is 5.73 Å². The van der Waals surface area contributed by atoms with E-state index in [0.717, 1.165) is 32.6 Å². The van der Waals surface area contributed by atoms with E-state index < -0.39 is 10.0 Å². The van der Waals surface area contributed by atoms with E-state index in [0.29, 0.717) is 18.9 Å². The molecule has 0 saturated carbocycles. The van der Waals surface area contributed by atoms with Crippen LogP contribution in [0.25, 0.3) is 0 Å². The first kappa shape index (κ1) is 14.3. The van der Waals surface area contributed by atoms with Crippen molar-refractivity contribution in [3.8, 4) is 0 Å². The second-order valence-corrected chi connectivity index (χ2v) is 6.84. The van der Waals surface area contributed by atoms with Crippen molar-refractivity contribution in [2.24, 2.45) is 0 Å². The Balaban J connectivity index is 1.69. The highest BCUT2D eigenvalue weighted by molar-refractivity contribution is 7.88. The number of anilines is 1. The minimum atomic E-state index is -3.03. The lowest BCUT2D eigenvalue weighted by atomic mass is 10.3. The Labute approximate surface area is 114 Å². The van der Waals surface area contributed by atoms with E-state index in [1.165, 1.54) is 10.6 Å². The molecule has 1 saturated heterocycles. The summed E-state index contributed by atoms with van der Waals surface area (Å²) in [5, 5.41) is 4.13. The van der Waals surface area contributed by atoms with Gasteiger partial charge in [0.05, 0.1) is 6.26 Å². The summed E-state index contributed by atoms with van der Waals surface area (Å²) >= 11 is 0. The quantitative estimate of drug-likeness (QED) is 0.784. The lowest BCUT2D eigenvalue weighted by molar-refractivity contribution is 0.184. The smallest absolute Gasteiger partial charge is 0.211 e. The number of piperazine rings is 1. The van der Waals surface area contributed by atoms with Crippen LogP contribution >= 0.6 is 0 Å². The molecule has 0 aromatic carbocycles. The predicted molar refractivity (Wildman–Crippen MR) is 74.1 cm³/mol. The van der Waals surface area contributed by atoms with Crippen LogP contribution in [0, 0.1) is 0 Å². The Morgan fingerprint density at radius 3 is 2.47 bits per heavy atom. The second-order valence-electron chi connectivity index (χ2n) is 4.86. The molecule has 1 fully saturated rings. The fourth-order valence-corrected chi connectivity index (χ4v) is 3.07. The molecule has 2 heterocycles. The molecule has 1 aliphatic heterocycles. The number of nitrogens with zero attached hydrogens (tertiary/aromatic N) is 4. The first-order valence-corrected chi connectivity index (χ1v) is 8.26. The van der Waals surface area contributed by atoms with Gasteiger partial charge in [0.25, 0.3) is 0 Å². The molecule has 1 aromatic heterocycles. The van der Waals surface area contributed by atoms with Gasteiger partial charge in [0, 0.05) is 45.5 Å². The number of hydrogen-bond donors (Lipinski definition) is 1. The maximum absolute atomic E-state index is 11.4. The number of hydrogen-bond acceptors (Lipinski definition) is 5. The van der Waals surface area contributed by atoms with E-state index in [1.807, 2.05) is 10.9 Å². The Bertz CT molecular complexity index is 505. The third-order valence-corrected chi connectivity index (χ3v) is 4.63. The normalized spacial score (nSPS) is 18.8. The monoisotopic (exact) mass is 287 g/mol. The molecule has 0 amide bonds. The van der Waals surface area contributed by atoms with Crippen LogP contribution in [-0.4, -0.2) is 66.4 Å². The molecule has 2 rings (SSSR count). The molecule has 19 heavy (non-hydrogen) atoms. The van der Waals surface area contributed by atoms with E-state index >= 15 is 0 Å². The zero-order chi connectivity index (χ0) is 13.9. The van der Waals surface area contributed by atoms with Crippen LogP contribution in [0.4, 0.5) is 5.82 Å². The summed E-state index contributed by atoms with van der Waals surface area (Å²) in [6, 6.07) is 1.78. The maximum atomic E-state index is 11.4. The van der Waals surface area contributed by atoms with Gasteiger partial charge in [0.15, 0.2) is 0 Å². The largest absolute Gasteiger partial charge is 0.382 e. The average Bonchev–Trinajstić information content (AvgIpc) is 2.75. The van der Waals surface area contributed by atoms with Crippen molar-refractivity contribution in [2.45, 2.75) is 13.0 Å². The Kier molecular flexibility index (Phi) is 4.43. The number of nitrogens with two attached hydrogens (primary N) is 1. The molecular weight excluding hydrogens is 266 g/mol. The molecule has 0 unspecified atom stereocenters. The molecule has 0 bridgehead atoms. The Hall–Kier alpha value is -1.12. The second kappa shape index (κ2) is 5.89. The van der Waals surface area contributed by atoms with E-state index in [-0.39, 0.29) is 0 Å². The molecule has 0 radical (unpaired) electrons. The molecule has 7 nitrogen and oxygen atoms in total. The Morgan fingerprint density at radius 2 is 1.95 bits per heavy atom. The topological polar surface area (TPSA) is 84.5 Å². The summed E-state index contributed by atoms with van der Waals surface area (Å²) in [7, 11) is -3.03. The molecular formula is C11H21N5O2S. The van der Waals surface area contributed by atoms with Crippen LogP contribution in [0.15, 0.2) is 12.3 Å². The summed E-state index contributed by atoms with van der Waals surface area (Å²) < 4.78 is 26.1. The van der Waals surface area contributed by atoms with Crippen molar-refractivity contribution in [3.63, 3.8) is 0 Å². The van der Waals surface area contributed by atoms with Gasteiger partial charge in [-0.3, -0.25) is 4.68 Å². The average molecular weight is 287 g/mol. The van der Waals surface area contributed by atoms with Crippen LogP contribution in [0.3, 0.4) is 0 Å². The zero-order valence-corrected chi connectivity index (χ0v) is 12.0. The number of rotatable bonds is 5. The van der Waals surface area contributed by atoms with Crippen molar-refractivity contribution in [3.05, 3.63) is 12.3 Å². The standard InChI is InChI=1S/C11H21N5O2S/c1-19(17,18)16-9-7-14(8-10-16)4-2-5-15-6-3-11(12)13-15/h3,6H,2,4-5,7-10H2,1H3,(H2,12,13). The highest BCUT2D eigenvalue weighted by Crippen LogP contribution is 2.07. The van der Waals surface area contributed by atoms with Gasteiger partial charge in [-0.15, -0.1) is 0 Å². The van der Waals surface area contributed by atoms with Gasteiger partial charge < -0.3 is 10.6 Å². The van der Waals surface area contributed by atoms with Gasteiger partial charge in [-0.1, -0.05) is 0 Å². The molecule has 1 aliphatic rings. The minimum absolute atomic E-state index is 0.543. The highest BCUT2D eigenvalue weighted by atomic mass is 32.2. The fourth-order valence-electron chi connectivity index (χ4n) is 2.24. The van der Waals surface area contributed by atoms with Crippen molar-refractivity contribution < 1.29 is 8.42 Å². The van der Waals surface area contributed by atoms with Crippen LogP contribution in [-0.2, 0) is 16.6 Å². The number of aryl methyl sites for hydroxylation is 1. The molecule has 0 aliphatic carbocycles. The van der Waals surface area contributed by atoms with E-state index in [1.54, 1.807) is 6.07 Å². The summed E-state index contributed by atoms with van der Waals surface area (Å²) in [6.45, 7) is 4.57. The molecule has 108 valence electrons. The zero-order valence-electron chi connectivity index (χ0n) is 11.2.